The van der Waals surface area contributed by atoms with Crippen molar-refractivity contribution >= 4 is 5.97 Å². The van der Waals surface area contributed by atoms with Crippen molar-refractivity contribution in [2.75, 3.05) is 13.7 Å². The van der Waals surface area contributed by atoms with Gasteiger partial charge in [-0.3, -0.25) is 4.79 Å². The Balaban J connectivity index is 2.27. The average Bonchev–Trinajstić information content (AvgIpc) is 2.79. The van der Waals surface area contributed by atoms with Crippen LogP contribution in [-0.4, -0.2) is 36.0 Å². The van der Waals surface area contributed by atoms with Gasteiger partial charge in [-0.25, -0.2) is 0 Å². The molecule has 1 saturated heterocycles. The highest BCUT2D eigenvalue weighted by Gasteiger charge is 2.72. The highest BCUT2D eigenvalue weighted by Crippen LogP contribution is 2.63. The maximum atomic E-state index is 11.9. The molecule has 2 fully saturated rings. The number of hydrogen-bond acceptors (Lipinski definition) is 4. The summed E-state index contributed by atoms with van der Waals surface area (Å²) in [7, 11) is 1.37. The van der Waals surface area contributed by atoms with Gasteiger partial charge in [0.25, 0.3) is 0 Å². The third kappa shape index (κ3) is 1.39. The van der Waals surface area contributed by atoms with Gasteiger partial charge in [-0.05, 0) is 26.2 Å². The van der Waals surface area contributed by atoms with Crippen LogP contribution in [0, 0.1) is 11.3 Å². The van der Waals surface area contributed by atoms with Crippen LogP contribution in [0.25, 0.3) is 0 Å². The normalized spacial score (nSPS) is 45.4. The molecule has 92 valence electrons. The van der Waals surface area contributed by atoms with Crippen LogP contribution in [0.4, 0.5) is 0 Å². The molecule has 0 aromatic carbocycles. The zero-order valence-corrected chi connectivity index (χ0v) is 10.4. The molecule has 1 heterocycles. The fraction of sp³-hybridized carbons (Fsp3) is 0.917. The first-order chi connectivity index (χ1) is 7.27. The Hall–Kier alpha value is -0.610. The summed E-state index contributed by atoms with van der Waals surface area (Å²) >= 11 is 0. The summed E-state index contributed by atoms with van der Waals surface area (Å²) in [6.45, 7) is 6.06. The number of ether oxygens (including phenoxy) is 2. The van der Waals surface area contributed by atoms with Crippen molar-refractivity contribution in [1.82, 2.24) is 0 Å². The second-order valence-corrected chi connectivity index (χ2v) is 5.82. The van der Waals surface area contributed by atoms with Gasteiger partial charge in [0.2, 0.25) is 0 Å². The number of esters is 1. The van der Waals surface area contributed by atoms with Gasteiger partial charge >= 0.3 is 5.97 Å². The molecule has 1 aliphatic carbocycles. The van der Waals surface area contributed by atoms with Crippen molar-refractivity contribution in [2.24, 2.45) is 11.3 Å². The topological polar surface area (TPSA) is 55.8 Å². The molecule has 1 N–H and O–H groups in total. The van der Waals surface area contributed by atoms with Crippen LogP contribution in [0.3, 0.4) is 0 Å². The van der Waals surface area contributed by atoms with Gasteiger partial charge in [0, 0.05) is 6.42 Å². The zero-order chi connectivity index (χ0) is 12.2. The smallest absolute Gasteiger partial charge is 0.315 e. The molecule has 1 saturated carbocycles. The van der Waals surface area contributed by atoms with Crippen LogP contribution in [0.2, 0.25) is 0 Å². The van der Waals surface area contributed by atoms with Crippen LogP contribution in [0.1, 0.15) is 33.6 Å². The van der Waals surface area contributed by atoms with E-state index in [1.807, 2.05) is 20.8 Å². The molecule has 16 heavy (non-hydrogen) atoms. The molecule has 0 bridgehead atoms. The van der Waals surface area contributed by atoms with Gasteiger partial charge in [0.05, 0.1) is 19.3 Å². The number of hydrogen-bond donors (Lipinski definition) is 1. The molecule has 3 atom stereocenters. The summed E-state index contributed by atoms with van der Waals surface area (Å²) < 4.78 is 10.4. The lowest BCUT2D eigenvalue weighted by Crippen LogP contribution is -2.47. The SMILES string of the molecule is COC(=O)C1(C2(O)COC(C)(C)C2)CC1C. The molecule has 2 rings (SSSR count). The van der Waals surface area contributed by atoms with Gasteiger partial charge in [0.15, 0.2) is 0 Å². The van der Waals surface area contributed by atoms with E-state index in [2.05, 4.69) is 0 Å². The Kier molecular flexibility index (Phi) is 2.37. The van der Waals surface area contributed by atoms with Crippen LogP contribution < -0.4 is 0 Å². The lowest BCUT2D eigenvalue weighted by molar-refractivity contribution is -0.161. The van der Waals surface area contributed by atoms with Crippen molar-refractivity contribution in [2.45, 2.75) is 44.8 Å². The van der Waals surface area contributed by atoms with Crippen molar-refractivity contribution in [3.05, 3.63) is 0 Å². The fourth-order valence-electron chi connectivity index (χ4n) is 3.14. The quantitative estimate of drug-likeness (QED) is 0.719. The molecule has 0 amide bonds. The summed E-state index contributed by atoms with van der Waals surface area (Å²) in [5.41, 5.74) is -2.17. The third-order valence-electron chi connectivity index (χ3n) is 4.11. The molecule has 4 nitrogen and oxygen atoms in total. The summed E-state index contributed by atoms with van der Waals surface area (Å²) in [6, 6.07) is 0. The lowest BCUT2D eigenvalue weighted by atomic mass is 9.78. The average molecular weight is 228 g/mol. The van der Waals surface area contributed by atoms with E-state index in [0.717, 1.165) is 0 Å². The van der Waals surface area contributed by atoms with E-state index in [9.17, 15) is 9.90 Å². The predicted octanol–water partition coefficient (Wildman–Crippen LogP) is 1.12. The van der Waals surface area contributed by atoms with Crippen LogP contribution in [0.15, 0.2) is 0 Å². The monoisotopic (exact) mass is 228 g/mol. The minimum absolute atomic E-state index is 0.169. The first-order valence-corrected chi connectivity index (χ1v) is 5.72. The highest BCUT2D eigenvalue weighted by atomic mass is 16.5. The van der Waals surface area contributed by atoms with E-state index in [-0.39, 0.29) is 24.1 Å². The molecule has 0 radical (unpaired) electrons. The van der Waals surface area contributed by atoms with Gasteiger partial charge in [0.1, 0.15) is 11.0 Å². The molecule has 0 spiro atoms. The predicted molar refractivity (Wildman–Crippen MR) is 57.8 cm³/mol. The molecular weight excluding hydrogens is 208 g/mol. The molecule has 0 aromatic rings. The van der Waals surface area contributed by atoms with Gasteiger partial charge in [-0.2, -0.15) is 0 Å². The number of aliphatic hydroxyl groups is 1. The number of rotatable bonds is 2. The van der Waals surface area contributed by atoms with Crippen molar-refractivity contribution in [3.63, 3.8) is 0 Å². The second kappa shape index (κ2) is 3.20. The Morgan fingerprint density at radius 3 is 2.38 bits per heavy atom. The fourth-order valence-corrected chi connectivity index (χ4v) is 3.14. The van der Waals surface area contributed by atoms with Crippen LogP contribution >= 0.6 is 0 Å². The van der Waals surface area contributed by atoms with Crippen molar-refractivity contribution < 1.29 is 19.4 Å². The lowest BCUT2D eigenvalue weighted by Gasteiger charge is -2.31. The zero-order valence-electron chi connectivity index (χ0n) is 10.4. The summed E-state index contributed by atoms with van der Waals surface area (Å²) in [5.74, 6) is -0.133. The van der Waals surface area contributed by atoms with E-state index in [4.69, 9.17) is 9.47 Å². The number of methoxy groups -OCH3 is 1. The first kappa shape index (κ1) is 11.9. The minimum Gasteiger partial charge on any atom is -0.468 e. The van der Waals surface area contributed by atoms with Gasteiger partial charge < -0.3 is 14.6 Å². The largest absolute Gasteiger partial charge is 0.468 e. The highest BCUT2D eigenvalue weighted by molar-refractivity contribution is 5.82. The first-order valence-electron chi connectivity index (χ1n) is 5.72. The Morgan fingerprint density at radius 2 is 2.06 bits per heavy atom. The third-order valence-corrected chi connectivity index (χ3v) is 4.11. The van der Waals surface area contributed by atoms with Gasteiger partial charge in [-0.15, -0.1) is 0 Å². The maximum absolute atomic E-state index is 11.9. The van der Waals surface area contributed by atoms with E-state index in [1.54, 1.807) is 0 Å². The van der Waals surface area contributed by atoms with E-state index < -0.39 is 11.0 Å². The maximum Gasteiger partial charge on any atom is 0.315 e. The Morgan fingerprint density at radius 1 is 1.50 bits per heavy atom. The Bertz CT molecular complexity index is 325. The standard InChI is InChI=1S/C12H20O4/c1-8-5-12(8,9(13)15-4)11(14)6-10(2,3)16-7-11/h8,14H,5-7H2,1-4H3. The summed E-state index contributed by atoms with van der Waals surface area (Å²) in [6.07, 6.45) is 1.18. The molecule has 1 aliphatic heterocycles. The molecular formula is C12H20O4. The number of carbonyl (C=O) groups excluding carboxylic acids is 1. The molecule has 3 unspecified atom stereocenters. The summed E-state index contributed by atoms with van der Waals surface area (Å²) in [4.78, 5) is 11.9. The Labute approximate surface area is 95.9 Å². The molecule has 2 aliphatic rings. The second-order valence-electron chi connectivity index (χ2n) is 5.82. The van der Waals surface area contributed by atoms with Crippen molar-refractivity contribution in [1.29, 1.82) is 0 Å². The van der Waals surface area contributed by atoms with E-state index in [1.165, 1.54) is 7.11 Å². The van der Waals surface area contributed by atoms with E-state index in [0.29, 0.717) is 12.8 Å². The van der Waals surface area contributed by atoms with Crippen LogP contribution in [0.5, 0.6) is 0 Å². The molecule has 0 aromatic heterocycles. The van der Waals surface area contributed by atoms with E-state index >= 15 is 0 Å². The van der Waals surface area contributed by atoms with Crippen LogP contribution in [-0.2, 0) is 14.3 Å². The van der Waals surface area contributed by atoms with Gasteiger partial charge in [-0.1, -0.05) is 6.92 Å². The number of carbonyl (C=O) groups is 1. The minimum atomic E-state index is -1.07. The summed E-state index contributed by atoms with van der Waals surface area (Å²) in [5, 5.41) is 10.7. The van der Waals surface area contributed by atoms with Crippen molar-refractivity contribution in [3.8, 4) is 0 Å². The molecule has 4 heteroatoms.